The van der Waals surface area contributed by atoms with Crippen LogP contribution >= 0.6 is 0 Å². The maximum Gasteiger partial charge on any atom is 0.330 e. The highest BCUT2D eigenvalue weighted by Gasteiger charge is 2.56. The third kappa shape index (κ3) is 9.53. The number of esters is 1. The van der Waals surface area contributed by atoms with Crippen molar-refractivity contribution in [2.45, 2.75) is 44.1 Å². The molecule has 0 saturated heterocycles. The van der Waals surface area contributed by atoms with Crippen molar-refractivity contribution >= 4 is 30.6 Å². The minimum Gasteiger partial charge on any atom is -0.466 e. The number of primary amides is 1. The van der Waals surface area contributed by atoms with Crippen LogP contribution in [0.2, 0.25) is 5.04 Å². The normalized spacial score (nSPS) is 15.7. The number of aliphatic hydroxyl groups is 1. The van der Waals surface area contributed by atoms with Gasteiger partial charge in [-0.3, -0.25) is 4.79 Å². The lowest BCUT2D eigenvalue weighted by atomic mass is 9.78. The van der Waals surface area contributed by atoms with E-state index in [1.54, 1.807) is 0 Å². The van der Waals surface area contributed by atoms with Crippen LogP contribution in [0.4, 0.5) is 0 Å². The van der Waals surface area contributed by atoms with Crippen LogP contribution in [0.1, 0.15) is 20.8 Å². The predicted molar refractivity (Wildman–Crippen MR) is 174 cm³/mol. The molecule has 0 spiro atoms. The maximum atomic E-state index is 13.7. The Morgan fingerprint density at radius 3 is 1.76 bits per heavy atom. The molecule has 256 valence electrons. The highest BCUT2D eigenvalue weighted by molar-refractivity contribution is 6.99. The van der Waals surface area contributed by atoms with Crippen molar-refractivity contribution in [1.82, 2.24) is 0 Å². The van der Waals surface area contributed by atoms with Gasteiger partial charge < -0.3 is 48.4 Å². The van der Waals surface area contributed by atoms with Crippen LogP contribution in [-0.4, -0.2) is 106 Å². The molecule has 0 heterocycles. The summed E-state index contributed by atoms with van der Waals surface area (Å²) in [5.74, 6) is -1.58. The van der Waals surface area contributed by atoms with Crippen LogP contribution in [0.3, 0.4) is 0 Å². The predicted octanol–water partition coefficient (Wildman–Crippen LogP) is 1.72. The van der Waals surface area contributed by atoms with Crippen molar-refractivity contribution < 1.29 is 52.3 Å². The Hall–Kier alpha value is -2.98. The van der Waals surface area contributed by atoms with E-state index in [4.69, 9.17) is 43.3 Å². The molecule has 0 aliphatic carbocycles. The van der Waals surface area contributed by atoms with E-state index in [1.807, 2.05) is 60.7 Å². The Kier molecular flexibility index (Phi) is 16.2. The molecule has 0 saturated carbocycles. The number of aliphatic hydroxyl groups excluding tert-OH is 1. The summed E-state index contributed by atoms with van der Waals surface area (Å²) < 4.78 is 45.4. The molecule has 12 nitrogen and oxygen atoms in total. The Bertz CT molecular complexity index is 1170. The molecular formula is C33H49NO11Si. The molecule has 4 atom stereocenters. The third-order valence-corrected chi connectivity index (χ3v) is 12.6. The van der Waals surface area contributed by atoms with E-state index in [-0.39, 0.29) is 27.0 Å². The molecule has 13 heteroatoms. The first-order valence-electron chi connectivity index (χ1n) is 14.7. The van der Waals surface area contributed by atoms with Gasteiger partial charge in [0.1, 0.15) is 44.1 Å². The molecule has 1 amide bonds. The van der Waals surface area contributed by atoms with Crippen molar-refractivity contribution in [2.24, 2.45) is 11.1 Å². The standard InChI is InChI=1S/C33H49NO11Si/c1-32(2,3)46(25-14-10-8-11-15-25,26-16-12-9-13-17-26)45-21-33(20-35,31(34)37)30(44-24-40-6)29(43-23-39-5)27(42-22-38-4)18-19-28(36)41-7/h8-19,27,29-30,35H,20-24H2,1-7H3,(H2,34,37)/b19-18+/t27-,29+,30-,33+/m0/s1. The zero-order valence-electron chi connectivity index (χ0n) is 27.8. The quantitative estimate of drug-likeness (QED) is 0.0869. The average molecular weight is 664 g/mol. The zero-order valence-corrected chi connectivity index (χ0v) is 28.8. The van der Waals surface area contributed by atoms with Gasteiger partial charge in [-0.1, -0.05) is 81.4 Å². The molecule has 3 N–H and O–H groups in total. The van der Waals surface area contributed by atoms with Crippen molar-refractivity contribution in [3.63, 3.8) is 0 Å². The molecule has 2 aromatic carbocycles. The molecular weight excluding hydrogens is 614 g/mol. The summed E-state index contributed by atoms with van der Waals surface area (Å²) >= 11 is 0. The number of carbonyl (C=O) groups excluding carboxylic acids is 2. The second-order valence-corrected chi connectivity index (χ2v) is 15.9. The van der Waals surface area contributed by atoms with E-state index in [2.05, 4.69) is 20.8 Å². The Morgan fingerprint density at radius 1 is 0.826 bits per heavy atom. The van der Waals surface area contributed by atoms with Gasteiger partial charge in [0.2, 0.25) is 5.91 Å². The minimum absolute atomic E-state index is 0.221. The number of amides is 1. The number of hydrogen-bond donors (Lipinski definition) is 2. The molecule has 0 unspecified atom stereocenters. The van der Waals surface area contributed by atoms with Crippen LogP contribution < -0.4 is 16.1 Å². The Morgan fingerprint density at radius 2 is 1.33 bits per heavy atom. The van der Waals surface area contributed by atoms with Gasteiger partial charge in [0.25, 0.3) is 8.32 Å². The van der Waals surface area contributed by atoms with Crippen molar-refractivity contribution in [2.75, 3.05) is 62.0 Å². The van der Waals surface area contributed by atoms with E-state index in [9.17, 15) is 14.7 Å². The minimum atomic E-state index is -3.24. The van der Waals surface area contributed by atoms with Crippen LogP contribution in [-0.2, 0) is 47.2 Å². The zero-order chi connectivity index (χ0) is 34.2. The van der Waals surface area contributed by atoms with Crippen LogP contribution in [0, 0.1) is 5.41 Å². The first-order chi connectivity index (χ1) is 22.0. The summed E-state index contributed by atoms with van der Waals surface area (Å²) in [5, 5.41) is 12.6. The number of hydrogen-bond acceptors (Lipinski definition) is 11. The largest absolute Gasteiger partial charge is 0.466 e. The first kappa shape index (κ1) is 39.2. The Labute approximate surface area is 272 Å². The van der Waals surface area contributed by atoms with Gasteiger partial charge in [-0.05, 0) is 21.5 Å². The number of ether oxygens (including phenoxy) is 7. The first-order valence-corrected chi connectivity index (χ1v) is 16.6. The summed E-state index contributed by atoms with van der Waals surface area (Å²) in [6.07, 6.45) is -1.14. The van der Waals surface area contributed by atoms with Crippen LogP contribution in [0.25, 0.3) is 0 Å². The second kappa shape index (κ2) is 19.0. The molecule has 0 bridgehead atoms. The third-order valence-electron chi connectivity index (χ3n) is 7.65. The fourth-order valence-electron chi connectivity index (χ4n) is 5.36. The van der Waals surface area contributed by atoms with Gasteiger partial charge >= 0.3 is 5.97 Å². The molecule has 2 aromatic rings. The summed E-state index contributed by atoms with van der Waals surface area (Å²) in [5.41, 5.74) is 4.23. The average Bonchev–Trinajstić information content (AvgIpc) is 3.05. The number of carbonyl (C=O) groups is 2. The lowest BCUT2D eigenvalue weighted by Crippen LogP contribution is -2.69. The van der Waals surface area contributed by atoms with E-state index in [0.717, 1.165) is 16.4 Å². The monoisotopic (exact) mass is 663 g/mol. The van der Waals surface area contributed by atoms with Crippen LogP contribution in [0.5, 0.6) is 0 Å². The Balaban J connectivity index is 2.82. The molecule has 0 radical (unpaired) electrons. The summed E-state index contributed by atoms with van der Waals surface area (Å²) in [6, 6.07) is 19.6. The lowest BCUT2D eigenvalue weighted by molar-refractivity contribution is -0.230. The van der Waals surface area contributed by atoms with Crippen LogP contribution in [0.15, 0.2) is 72.8 Å². The van der Waals surface area contributed by atoms with Gasteiger partial charge in [0.15, 0.2) is 0 Å². The van der Waals surface area contributed by atoms with Gasteiger partial charge in [-0.25, -0.2) is 4.79 Å². The van der Waals surface area contributed by atoms with Gasteiger partial charge in [0.05, 0.1) is 20.3 Å². The second-order valence-electron chi connectivity index (χ2n) is 11.6. The topological polar surface area (TPSA) is 154 Å². The molecule has 0 fully saturated rings. The number of benzene rings is 2. The smallest absolute Gasteiger partial charge is 0.330 e. The lowest BCUT2D eigenvalue weighted by Gasteiger charge is -2.47. The highest BCUT2D eigenvalue weighted by Crippen LogP contribution is 2.39. The van der Waals surface area contributed by atoms with Gasteiger partial charge in [-0.15, -0.1) is 0 Å². The van der Waals surface area contributed by atoms with E-state index < -0.39 is 55.6 Å². The summed E-state index contributed by atoms with van der Waals surface area (Å²) in [4.78, 5) is 25.7. The number of nitrogens with two attached hydrogens (primary N) is 1. The molecule has 2 rings (SSSR count). The number of methoxy groups -OCH3 is 4. The van der Waals surface area contributed by atoms with Crippen molar-refractivity contribution in [1.29, 1.82) is 0 Å². The summed E-state index contributed by atoms with van der Waals surface area (Å²) in [6.45, 7) is 4.28. The highest BCUT2D eigenvalue weighted by atomic mass is 28.4. The van der Waals surface area contributed by atoms with Gasteiger partial charge in [-0.2, -0.15) is 0 Å². The van der Waals surface area contributed by atoms with E-state index in [0.29, 0.717) is 0 Å². The van der Waals surface area contributed by atoms with E-state index in [1.165, 1.54) is 34.5 Å². The van der Waals surface area contributed by atoms with Crippen molar-refractivity contribution in [3.8, 4) is 0 Å². The summed E-state index contributed by atoms with van der Waals surface area (Å²) in [7, 11) is 2.23. The molecule has 46 heavy (non-hydrogen) atoms. The molecule has 0 aromatic heterocycles. The number of rotatable bonds is 21. The van der Waals surface area contributed by atoms with Gasteiger partial charge in [0, 0.05) is 27.4 Å². The molecule has 0 aliphatic rings. The fourth-order valence-corrected chi connectivity index (χ4v) is 9.99. The molecule has 0 aliphatic heterocycles. The maximum absolute atomic E-state index is 13.7. The van der Waals surface area contributed by atoms with Crippen molar-refractivity contribution in [3.05, 3.63) is 72.8 Å². The fraction of sp³-hybridized carbons (Fsp3) is 0.515. The SMILES string of the molecule is COCO[C@H]([C@H](/C=C/C(=O)OC)OCOC)[C@H](OCOC)[C@@](CO)(CO[Si](c1ccccc1)(c1ccccc1)C(C)(C)C)C(N)=O. The van der Waals surface area contributed by atoms with E-state index >= 15 is 0 Å².